The quantitative estimate of drug-likeness (QED) is 0.425. The molecule has 33 heavy (non-hydrogen) atoms. The van der Waals surface area contributed by atoms with Gasteiger partial charge in [0.2, 0.25) is 11.7 Å². The topological polar surface area (TPSA) is 64.2 Å². The van der Waals surface area contributed by atoms with Crippen LogP contribution in [0, 0.1) is 5.92 Å². The number of likely N-dealkylation sites (tertiary alicyclic amines) is 1. The van der Waals surface area contributed by atoms with E-state index < -0.39 is 0 Å². The molecule has 1 aliphatic heterocycles. The standard InChI is InChI=1S/C26H32N4O2S/c31-24(29-15-13-21(14-16-29)18-20-8-3-1-4-9-20)19-33-26-28-27-25(23-12-7-17-32-23)30(26)22-10-5-2-6-11-22/h1,3-4,7-9,12,17,21-22H,2,5-6,10-11,13-16,18-19H2. The van der Waals surface area contributed by atoms with Crippen LogP contribution in [0.25, 0.3) is 11.6 Å². The van der Waals surface area contributed by atoms with Crippen LogP contribution in [0.3, 0.4) is 0 Å². The molecule has 0 radical (unpaired) electrons. The van der Waals surface area contributed by atoms with Crippen molar-refractivity contribution in [1.29, 1.82) is 0 Å². The average molecular weight is 465 g/mol. The van der Waals surface area contributed by atoms with Crippen molar-refractivity contribution in [2.24, 2.45) is 5.92 Å². The Labute approximate surface area is 199 Å². The maximum Gasteiger partial charge on any atom is 0.233 e. The molecule has 2 fully saturated rings. The highest BCUT2D eigenvalue weighted by molar-refractivity contribution is 7.99. The molecule has 3 aromatic rings. The van der Waals surface area contributed by atoms with Gasteiger partial charge in [-0.1, -0.05) is 61.4 Å². The Morgan fingerprint density at radius 2 is 1.76 bits per heavy atom. The number of benzene rings is 1. The van der Waals surface area contributed by atoms with E-state index in [9.17, 15) is 4.79 Å². The monoisotopic (exact) mass is 464 g/mol. The molecule has 0 N–H and O–H groups in total. The Balaban J connectivity index is 1.19. The van der Waals surface area contributed by atoms with Gasteiger partial charge in [0.25, 0.3) is 0 Å². The van der Waals surface area contributed by atoms with Crippen LogP contribution in [0.5, 0.6) is 0 Å². The van der Waals surface area contributed by atoms with Crippen molar-refractivity contribution in [3.05, 3.63) is 54.3 Å². The van der Waals surface area contributed by atoms with Crippen LogP contribution in [0.1, 0.15) is 56.6 Å². The predicted molar refractivity (Wildman–Crippen MR) is 130 cm³/mol. The number of hydrogen-bond donors (Lipinski definition) is 0. The van der Waals surface area contributed by atoms with Gasteiger partial charge in [-0.15, -0.1) is 10.2 Å². The van der Waals surface area contributed by atoms with Gasteiger partial charge in [0.05, 0.1) is 12.0 Å². The number of aromatic nitrogens is 3. The highest BCUT2D eigenvalue weighted by atomic mass is 32.2. The van der Waals surface area contributed by atoms with Crippen LogP contribution < -0.4 is 0 Å². The maximum atomic E-state index is 13.0. The summed E-state index contributed by atoms with van der Waals surface area (Å²) < 4.78 is 7.85. The Morgan fingerprint density at radius 3 is 2.48 bits per heavy atom. The molecule has 1 amide bonds. The zero-order valence-corrected chi connectivity index (χ0v) is 19.9. The molecule has 1 aliphatic carbocycles. The van der Waals surface area contributed by atoms with Crippen LogP contribution in [0.15, 0.2) is 58.3 Å². The van der Waals surface area contributed by atoms with Crippen molar-refractivity contribution in [1.82, 2.24) is 19.7 Å². The lowest BCUT2D eigenvalue weighted by molar-refractivity contribution is -0.129. The number of thioether (sulfide) groups is 1. The van der Waals surface area contributed by atoms with E-state index in [1.165, 1.54) is 36.6 Å². The van der Waals surface area contributed by atoms with Crippen molar-refractivity contribution in [2.45, 2.75) is 62.6 Å². The molecule has 1 saturated heterocycles. The Bertz CT molecular complexity index is 1020. The van der Waals surface area contributed by atoms with Gasteiger partial charge in [-0.05, 0) is 55.7 Å². The third-order valence-electron chi connectivity index (χ3n) is 7.01. The molecule has 0 bridgehead atoms. The molecule has 5 rings (SSSR count). The van der Waals surface area contributed by atoms with Crippen LogP contribution in [-0.2, 0) is 11.2 Å². The smallest absolute Gasteiger partial charge is 0.233 e. The number of hydrogen-bond acceptors (Lipinski definition) is 5. The van der Waals surface area contributed by atoms with Gasteiger partial charge in [-0.2, -0.15) is 0 Å². The first-order chi connectivity index (χ1) is 16.3. The van der Waals surface area contributed by atoms with E-state index >= 15 is 0 Å². The zero-order chi connectivity index (χ0) is 22.5. The Morgan fingerprint density at radius 1 is 0.970 bits per heavy atom. The largest absolute Gasteiger partial charge is 0.461 e. The minimum atomic E-state index is 0.205. The van der Waals surface area contributed by atoms with Gasteiger partial charge in [-0.25, -0.2) is 0 Å². The molecule has 0 atom stereocenters. The van der Waals surface area contributed by atoms with E-state index in [-0.39, 0.29) is 5.91 Å². The van der Waals surface area contributed by atoms with Crippen LogP contribution >= 0.6 is 11.8 Å². The summed E-state index contributed by atoms with van der Waals surface area (Å²) in [6, 6.07) is 14.9. The third-order valence-corrected chi connectivity index (χ3v) is 7.93. The number of nitrogens with zero attached hydrogens (tertiary/aromatic N) is 4. The van der Waals surface area contributed by atoms with Crippen molar-refractivity contribution < 1.29 is 9.21 Å². The second-order valence-corrected chi connectivity index (χ2v) is 10.2. The van der Waals surface area contributed by atoms with Gasteiger partial charge in [0.15, 0.2) is 10.9 Å². The summed E-state index contributed by atoms with van der Waals surface area (Å²) in [6.07, 6.45) is 10.9. The summed E-state index contributed by atoms with van der Waals surface area (Å²) in [6.45, 7) is 1.70. The van der Waals surface area contributed by atoms with E-state index in [0.717, 1.165) is 61.9 Å². The van der Waals surface area contributed by atoms with E-state index in [1.54, 1.807) is 6.26 Å². The molecule has 2 aliphatic rings. The number of rotatable bonds is 7. The highest BCUT2D eigenvalue weighted by Gasteiger charge is 2.27. The second-order valence-electron chi connectivity index (χ2n) is 9.25. The first-order valence-corrected chi connectivity index (χ1v) is 13.2. The molecule has 174 valence electrons. The molecular weight excluding hydrogens is 432 g/mol. The number of piperidine rings is 1. The summed E-state index contributed by atoms with van der Waals surface area (Å²) in [5.41, 5.74) is 1.40. The average Bonchev–Trinajstić information content (AvgIpc) is 3.54. The molecule has 7 heteroatoms. The van der Waals surface area contributed by atoms with Crippen molar-refractivity contribution in [3.8, 4) is 11.6 Å². The lowest BCUT2D eigenvalue weighted by atomic mass is 9.90. The minimum Gasteiger partial charge on any atom is -0.461 e. The molecule has 1 aromatic carbocycles. The molecule has 0 spiro atoms. The van der Waals surface area contributed by atoms with Gasteiger partial charge >= 0.3 is 0 Å². The normalized spacial score (nSPS) is 18.0. The molecule has 3 heterocycles. The SMILES string of the molecule is O=C(CSc1nnc(-c2ccco2)n1C1CCCCC1)N1CCC(Cc2ccccc2)CC1. The molecule has 6 nitrogen and oxygen atoms in total. The molecule has 0 unspecified atom stereocenters. The van der Waals surface area contributed by atoms with Gasteiger partial charge in [0.1, 0.15) is 0 Å². The summed E-state index contributed by atoms with van der Waals surface area (Å²) in [5, 5.41) is 9.75. The first-order valence-electron chi connectivity index (χ1n) is 12.2. The first kappa shape index (κ1) is 22.3. The lowest BCUT2D eigenvalue weighted by Gasteiger charge is -2.32. The summed E-state index contributed by atoms with van der Waals surface area (Å²) in [7, 11) is 0. The van der Waals surface area contributed by atoms with Crippen LogP contribution in [-0.4, -0.2) is 44.4 Å². The predicted octanol–water partition coefficient (Wildman–Crippen LogP) is 5.62. The molecular formula is C26H32N4O2S. The van der Waals surface area contributed by atoms with Crippen LogP contribution in [0.2, 0.25) is 0 Å². The summed E-state index contributed by atoms with van der Waals surface area (Å²) in [4.78, 5) is 15.0. The fourth-order valence-corrected chi connectivity index (χ4v) is 6.08. The Hall–Kier alpha value is -2.54. The van der Waals surface area contributed by atoms with Crippen molar-refractivity contribution in [2.75, 3.05) is 18.8 Å². The van der Waals surface area contributed by atoms with Crippen molar-refractivity contribution in [3.63, 3.8) is 0 Å². The van der Waals surface area contributed by atoms with Crippen molar-refractivity contribution >= 4 is 17.7 Å². The number of carbonyl (C=O) groups is 1. The van der Waals surface area contributed by atoms with Gasteiger partial charge in [0, 0.05) is 19.1 Å². The summed E-state index contributed by atoms with van der Waals surface area (Å²) >= 11 is 1.52. The summed E-state index contributed by atoms with van der Waals surface area (Å²) in [5.74, 6) is 2.80. The number of furan rings is 1. The second kappa shape index (κ2) is 10.6. The number of carbonyl (C=O) groups excluding carboxylic acids is 1. The lowest BCUT2D eigenvalue weighted by Crippen LogP contribution is -2.39. The third kappa shape index (κ3) is 5.35. The van der Waals surface area contributed by atoms with Gasteiger partial charge < -0.3 is 9.32 Å². The fourth-order valence-electron chi connectivity index (χ4n) is 5.17. The fraction of sp³-hybridized carbons (Fsp3) is 0.500. The van der Waals surface area contributed by atoms with Gasteiger partial charge in [-0.3, -0.25) is 9.36 Å². The highest BCUT2D eigenvalue weighted by Crippen LogP contribution is 2.36. The molecule has 1 saturated carbocycles. The molecule has 2 aromatic heterocycles. The maximum absolute atomic E-state index is 13.0. The Kier molecular flexibility index (Phi) is 7.15. The number of amides is 1. The minimum absolute atomic E-state index is 0.205. The zero-order valence-electron chi connectivity index (χ0n) is 19.1. The van der Waals surface area contributed by atoms with E-state index in [1.807, 2.05) is 17.0 Å². The van der Waals surface area contributed by atoms with E-state index in [0.29, 0.717) is 17.7 Å². The van der Waals surface area contributed by atoms with E-state index in [2.05, 4.69) is 45.1 Å². The van der Waals surface area contributed by atoms with Crippen LogP contribution in [0.4, 0.5) is 0 Å². The van der Waals surface area contributed by atoms with E-state index in [4.69, 9.17) is 4.42 Å².